The summed E-state index contributed by atoms with van der Waals surface area (Å²) >= 11 is 3.04. The molecule has 1 N–H and O–H groups in total. The van der Waals surface area contributed by atoms with E-state index >= 15 is 0 Å². The average Bonchev–Trinajstić information content (AvgIpc) is 2.55. The van der Waals surface area contributed by atoms with Crippen LogP contribution in [0.5, 0.6) is 5.75 Å². The fraction of sp³-hybridized carbons (Fsp3) is 0.235. The van der Waals surface area contributed by atoms with E-state index in [1.165, 1.54) is 23.9 Å². The number of rotatable bonds is 7. The van der Waals surface area contributed by atoms with Gasteiger partial charge >= 0.3 is 0 Å². The third-order valence-electron chi connectivity index (χ3n) is 3.09. The van der Waals surface area contributed by atoms with Gasteiger partial charge in [0.2, 0.25) is 5.91 Å². The highest BCUT2D eigenvalue weighted by molar-refractivity contribution is 7.99. The monoisotopic (exact) mass is 351 g/mol. The second kappa shape index (κ2) is 8.84. The van der Waals surface area contributed by atoms with Crippen LogP contribution in [0.15, 0.2) is 47.4 Å². The number of halogens is 1. The number of benzene rings is 2. The lowest BCUT2D eigenvalue weighted by Crippen LogP contribution is -2.14. The van der Waals surface area contributed by atoms with Crippen molar-refractivity contribution in [2.24, 2.45) is 0 Å². The molecule has 122 valence electrons. The number of ether oxygens (including phenoxy) is 1. The Bertz CT molecular complexity index is 679. The number of nitrogens with one attached hydrogen (secondary N) is 1. The van der Waals surface area contributed by atoms with Crippen molar-refractivity contribution in [2.45, 2.75) is 10.6 Å². The number of hydrogen-bond donors (Lipinski definition) is 1. The van der Waals surface area contributed by atoms with Gasteiger partial charge in [-0.25, -0.2) is 4.39 Å². The Hall–Kier alpha value is -1.66. The van der Waals surface area contributed by atoms with Crippen molar-refractivity contribution in [1.29, 1.82) is 0 Å². The van der Waals surface area contributed by atoms with Gasteiger partial charge in [-0.2, -0.15) is 0 Å². The predicted molar refractivity (Wildman–Crippen MR) is 96.0 cm³/mol. The lowest BCUT2D eigenvalue weighted by molar-refractivity contribution is -0.113. The average molecular weight is 351 g/mol. The highest BCUT2D eigenvalue weighted by Gasteiger charge is 2.07. The van der Waals surface area contributed by atoms with Crippen LogP contribution >= 0.6 is 23.5 Å². The first-order chi connectivity index (χ1) is 11.1. The summed E-state index contributed by atoms with van der Waals surface area (Å²) in [6.45, 7) is 0. The number of hydrogen-bond acceptors (Lipinski definition) is 4. The molecule has 0 radical (unpaired) electrons. The first kappa shape index (κ1) is 17.7. The summed E-state index contributed by atoms with van der Waals surface area (Å²) in [5.41, 5.74) is 1.53. The SMILES string of the molecule is COc1ccc(F)cc1CSCC(=O)Nc1cccc(SC)c1. The smallest absolute Gasteiger partial charge is 0.234 e. The third kappa shape index (κ3) is 5.48. The summed E-state index contributed by atoms with van der Waals surface area (Å²) in [6.07, 6.45) is 1.99. The minimum Gasteiger partial charge on any atom is -0.496 e. The molecule has 2 aromatic rings. The van der Waals surface area contributed by atoms with Crippen LogP contribution in [0.3, 0.4) is 0 Å². The molecule has 23 heavy (non-hydrogen) atoms. The van der Waals surface area contributed by atoms with E-state index in [1.807, 2.05) is 30.5 Å². The largest absolute Gasteiger partial charge is 0.496 e. The zero-order valence-electron chi connectivity index (χ0n) is 13.0. The van der Waals surface area contributed by atoms with Gasteiger partial charge in [-0.1, -0.05) is 6.07 Å². The summed E-state index contributed by atoms with van der Waals surface area (Å²) < 4.78 is 18.5. The zero-order chi connectivity index (χ0) is 16.7. The Morgan fingerprint density at radius 3 is 2.83 bits per heavy atom. The summed E-state index contributed by atoms with van der Waals surface area (Å²) in [7, 11) is 1.55. The van der Waals surface area contributed by atoms with E-state index in [1.54, 1.807) is 24.9 Å². The Labute approximate surface area is 144 Å². The van der Waals surface area contributed by atoms with Crippen molar-refractivity contribution in [3.63, 3.8) is 0 Å². The molecule has 2 rings (SSSR count). The lowest BCUT2D eigenvalue weighted by atomic mass is 10.2. The van der Waals surface area contributed by atoms with E-state index in [4.69, 9.17) is 4.74 Å². The van der Waals surface area contributed by atoms with Crippen molar-refractivity contribution in [3.05, 3.63) is 53.8 Å². The van der Waals surface area contributed by atoms with Crippen molar-refractivity contribution in [1.82, 2.24) is 0 Å². The highest BCUT2D eigenvalue weighted by Crippen LogP contribution is 2.24. The molecule has 0 fully saturated rings. The van der Waals surface area contributed by atoms with Crippen LogP contribution in [0.25, 0.3) is 0 Å². The first-order valence-corrected chi connectivity index (χ1v) is 9.34. The molecule has 6 heteroatoms. The molecular weight excluding hydrogens is 333 g/mol. The minimum absolute atomic E-state index is 0.0800. The van der Waals surface area contributed by atoms with E-state index in [2.05, 4.69) is 5.32 Å². The molecule has 0 aliphatic rings. The van der Waals surface area contributed by atoms with Gasteiger partial charge in [-0.05, 0) is 42.7 Å². The van der Waals surface area contributed by atoms with E-state index < -0.39 is 0 Å². The Balaban J connectivity index is 1.86. The number of amides is 1. The van der Waals surface area contributed by atoms with Crippen LogP contribution in [0.1, 0.15) is 5.56 Å². The second-order valence-corrected chi connectivity index (χ2v) is 6.59. The van der Waals surface area contributed by atoms with Gasteiger partial charge in [0.1, 0.15) is 11.6 Å². The molecule has 0 unspecified atom stereocenters. The molecule has 0 saturated heterocycles. The molecule has 0 atom stereocenters. The summed E-state index contributed by atoms with van der Waals surface area (Å²) in [4.78, 5) is 13.1. The first-order valence-electron chi connectivity index (χ1n) is 6.96. The number of carbonyl (C=O) groups is 1. The Morgan fingerprint density at radius 2 is 2.09 bits per heavy atom. The molecule has 0 spiro atoms. The van der Waals surface area contributed by atoms with Crippen LogP contribution in [0.2, 0.25) is 0 Å². The maximum Gasteiger partial charge on any atom is 0.234 e. The van der Waals surface area contributed by atoms with Crippen LogP contribution in [-0.2, 0) is 10.5 Å². The van der Waals surface area contributed by atoms with Crippen LogP contribution < -0.4 is 10.1 Å². The summed E-state index contributed by atoms with van der Waals surface area (Å²) in [5, 5.41) is 2.86. The molecule has 1 amide bonds. The maximum atomic E-state index is 13.3. The molecule has 0 aliphatic carbocycles. The van der Waals surface area contributed by atoms with Gasteiger partial charge in [-0.15, -0.1) is 23.5 Å². The van der Waals surface area contributed by atoms with Crippen LogP contribution in [0.4, 0.5) is 10.1 Å². The standard InChI is InChI=1S/C17H18FNO2S2/c1-21-16-7-6-13(18)8-12(16)10-23-11-17(20)19-14-4-3-5-15(9-14)22-2/h3-9H,10-11H2,1-2H3,(H,19,20). The van der Waals surface area contributed by atoms with Crippen LogP contribution in [0, 0.1) is 5.82 Å². The van der Waals surface area contributed by atoms with Crippen LogP contribution in [-0.4, -0.2) is 25.0 Å². The fourth-order valence-electron chi connectivity index (χ4n) is 2.01. The highest BCUT2D eigenvalue weighted by atomic mass is 32.2. The summed E-state index contributed by atoms with van der Waals surface area (Å²) in [6, 6.07) is 12.1. The molecule has 2 aromatic carbocycles. The minimum atomic E-state index is -0.306. The van der Waals surface area contributed by atoms with Gasteiger partial charge in [0.25, 0.3) is 0 Å². The fourth-order valence-corrected chi connectivity index (χ4v) is 3.28. The third-order valence-corrected chi connectivity index (χ3v) is 4.79. The maximum absolute atomic E-state index is 13.3. The summed E-state index contributed by atoms with van der Waals surface area (Å²) in [5.74, 6) is 1.05. The quantitative estimate of drug-likeness (QED) is 0.749. The molecule has 0 aliphatic heterocycles. The predicted octanol–water partition coefficient (Wildman–Crippen LogP) is 4.43. The van der Waals surface area contributed by atoms with Gasteiger partial charge < -0.3 is 10.1 Å². The van der Waals surface area contributed by atoms with Crippen molar-refractivity contribution in [2.75, 3.05) is 24.4 Å². The van der Waals surface area contributed by atoms with Crippen molar-refractivity contribution >= 4 is 35.1 Å². The topological polar surface area (TPSA) is 38.3 Å². The van der Waals surface area contributed by atoms with E-state index in [0.29, 0.717) is 17.3 Å². The van der Waals surface area contributed by atoms with Gasteiger partial charge in [0, 0.05) is 21.9 Å². The van der Waals surface area contributed by atoms with E-state index in [-0.39, 0.29) is 11.7 Å². The Kier molecular flexibility index (Phi) is 6.80. The zero-order valence-corrected chi connectivity index (χ0v) is 14.6. The number of methoxy groups -OCH3 is 1. The van der Waals surface area contributed by atoms with Gasteiger partial charge in [0.05, 0.1) is 12.9 Å². The molecule has 0 aromatic heterocycles. The molecule has 0 heterocycles. The van der Waals surface area contributed by atoms with E-state index in [0.717, 1.165) is 16.1 Å². The molecule has 0 bridgehead atoms. The number of anilines is 1. The van der Waals surface area contributed by atoms with Crippen molar-refractivity contribution in [3.8, 4) is 5.75 Å². The van der Waals surface area contributed by atoms with Gasteiger partial charge in [0.15, 0.2) is 0 Å². The molecule has 3 nitrogen and oxygen atoms in total. The van der Waals surface area contributed by atoms with Crippen molar-refractivity contribution < 1.29 is 13.9 Å². The molecule has 0 saturated carbocycles. The van der Waals surface area contributed by atoms with E-state index in [9.17, 15) is 9.18 Å². The normalized spacial score (nSPS) is 10.4. The molecular formula is C17H18FNO2S2. The number of thioether (sulfide) groups is 2. The second-order valence-electron chi connectivity index (χ2n) is 4.73. The van der Waals surface area contributed by atoms with Gasteiger partial charge in [-0.3, -0.25) is 4.79 Å². The lowest BCUT2D eigenvalue weighted by Gasteiger charge is -2.09. The Morgan fingerprint density at radius 1 is 1.26 bits per heavy atom. The number of carbonyl (C=O) groups excluding carboxylic acids is 1.